The normalized spacial score (nSPS) is 17.4. The summed E-state index contributed by atoms with van der Waals surface area (Å²) in [5.74, 6) is -0.284. The predicted octanol–water partition coefficient (Wildman–Crippen LogP) is 6.24. The lowest BCUT2D eigenvalue weighted by Crippen LogP contribution is -2.67. The van der Waals surface area contributed by atoms with Gasteiger partial charge in [-0.25, -0.2) is 4.79 Å². The lowest BCUT2D eigenvalue weighted by Gasteiger charge is -2.44. The maximum absolute atomic E-state index is 13.6. The SMILES string of the molecule is COC(=O)C/C=C/C[C@@H]1CC[C@@H](CO[Si](c2ccccc2)(c2ccccc2)C(C)(C)C)N1C(=O)OCc1ccccc1. The fourth-order valence-electron chi connectivity index (χ4n) is 5.95. The quantitative estimate of drug-likeness (QED) is 0.151. The van der Waals surface area contributed by atoms with E-state index in [0.717, 1.165) is 18.4 Å². The van der Waals surface area contributed by atoms with Crippen LogP contribution in [0.5, 0.6) is 0 Å². The largest absolute Gasteiger partial charge is 0.469 e. The van der Waals surface area contributed by atoms with E-state index in [4.69, 9.17) is 13.9 Å². The number of ether oxygens (including phenoxy) is 2. The van der Waals surface area contributed by atoms with Gasteiger partial charge < -0.3 is 13.9 Å². The van der Waals surface area contributed by atoms with Crippen LogP contribution in [0.25, 0.3) is 0 Å². The first-order valence-electron chi connectivity index (χ1n) is 14.7. The summed E-state index contributed by atoms with van der Waals surface area (Å²) in [5, 5.41) is 2.26. The molecule has 1 aliphatic heterocycles. The number of hydrogen-bond donors (Lipinski definition) is 0. The first-order valence-corrected chi connectivity index (χ1v) is 16.6. The number of benzene rings is 3. The summed E-state index contributed by atoms with van der Waals surface area (Å²) in [4.78, 5) is 27.1. The zero-order chi connectivity index (χ0) is 30.0. The lowest BCUT2D eigenvalue weighted by molar-refractivity contribution is -0.139. The van der Waals surface area contributed by atoms with Crippen molar-refractivity contribution in [3.05, 3.63) is 109 Å². The Balaban J connectivity index is 1.60. The zero-order valence-electron chi connectivity index (χ0n) is 25.2. The zero-order valence-corrected chi connectivity index (χ0v) is 26.2. The molecule has 0 radical (unpaired) electrons. The number of carbonyl (C=O) groups excluding carboxylic acids is 2. The molecule has 2 atom stereocenters. The highest BCUT2D eigenvalue weighted by Crippen LogP contribution is 2.38. The molecule has 0 saturated carbocycles. The maximum Gasteiger partial charge on any atom is 0.410 e. The minimum atomic E-state index is -2.77. The second kappa shape index (κ2) is 14.5. The van der Waals surface area contributed by atoms with Gasteiger partial charge in [0.15, 0.2) is 0 Å². The Morgan fingerprint density at radius 2 is 1.38 bits per heavy atom. The summed E-state index contributed by atoms with van der Waals surface area (Å²) < 4.78 is 17.8. The minimum absolute atomic E-state index is 0.0464. The van der Waals surface area contributed by atoms with Crippen molar-refractivity contribution in [3.63, 3.8) is 0 Å². The molecular weight excluding hydrogens is 542 g/mol. The Morgan fingerprint density at radius 1 is 0.833 bits per heavy atom. The minimum Gasteiger partial charge on any atom is -0.469 e. The van der Waals surface area contributed by atoms with Gasteiger partial charge in [-0.1, -0.05) is 124 Å². The van der Waals surface area contributed by atoms with Gasteiger partial charge in [0.2, 0.25) is 0 Å². The van der Waals surface area contributed by atoms with E-state index in [9.17, 15) is 9.59 Å². The number of rotatable bonds is 11. The lowest BCUT2D eigenvalue weighted by atomic mass is 10.1. The van der Waals surface area contributed by atoms with Gasteiger partial charge >= 0.3 is 12.1 Å². The van der Waals surface area contributed by atoms with Crippen LogP contribution in [0, 0.1) is 0 Å². The Hall–Kier alpha value is -3.68. The second-order valence-corrected chi connectivity index (χ2v) is 16.1. The topological polar surface area (TPSA) is 65.1 Å². The van der Waals surface area contributed by atoms with E-state index in [1.54, 1.807) is 0 Å². The fraction of sp³-hybridized carbons (Fsp3) is 0.371. The van der Waals surface area contributed by atoms with E-state index in [2.05, 4.69) is 69.3 Å². The van der Waals surface area contributed by atoms with Gasteiger partial charge in [0.05, 0.1) is 26.2 Å². The van der Waals surface area contributed by atoms with E-state index in [1.807, 2.05) is 59.5 Å². The van der Waals surface area contributed by atoms with Crippen molar-refractivity contribution < 1.29 is 23.5 Å². The molecule has 4 rings (SSSR count). The molecule has 3 aromatic carbocycles. The number of carbonyl (C=O) groups is 2. The Morgan fingerprint density at radius 3 is 1.93 bits per heavy atom. The predicted molar refractivity (Wildman–Crippen MR) is 169 cm³/mol. The van der Waals surface area contributed by atoms with Crippen molar-refractivity contribution in [2.45, 2.75) is 70.2 Å². The summed E-state index contributed by atoms with van der Waals surface area (Å²) >= 11 is 0. The monoisotopic (exact) mass is 585 g/mol. The summed E-state index contributed by atoms with van der Waals surface area (Å²) in [6.45, 7) is 7.40. The molecule has 1 aliphatic rings. The molecular formula is C35H43NO5Si. The molecule has 42 heavy (non-hydrogen) atoms. The molecule has 1 heterocycles. The molecule has 6 nitrogen and oxygen atoms in total. The third kappa shape index (κ3) is 7.39. The van der Waals surface area contributed by atoms with Gasteiger partial charge in [0, 0.05) is 6.04 Å². The number of esters is 1. The summed E-state index contributed by atoms with van der Waals surface area (Å²) in [7, 11) is -1.38. The van der Waals surface area contributed by atoms with E-state index in [1.165, 1.54) is 17.5 Å². The van der Waals surface area contributed by atoms with Gasteiger partial charge in [-0.05, 0) is 40.2 Å². The van der Waals surface area contributed by atoms with Crippen molar-refractivity contribution in [2.75, 3.05) is 13.7 Å². The average Bonchev–Trinajstić information content (AvgIpc) is 3.42. The molecule has 7 heteroatoms. The number of methoxy groups -OCH3 is 1. The highest BCUT2D eigenvalue weighted by molar-refractivity contribution is 6.99. The first kappa shape index (κ1) is 31.3. The van der Waals surface area contributed by atoms with Gasteiger partial charge in [-0.3, -0.25) is 9.69 Å². The number of likely N-dealkylation sites (tertiary alicyclic amines) is 1. The van der Waals surface area contributed by atoms with Crippen molar-refractivity contribution in [1.82, 2.24) is 4.90 Å². The van der Waals surface area contributed by atoms with Crippen LogP contribution in [0.1, 0.15) is 52.0 Å². The molecule has 1 fully saturated rings. The second-order valence-electron chi connectivity index (χ2n) is 11.8. The van der Waals surface area contributed by atoms with Crippen LogP contribution in [0.2, 0.25) is 5.04 Å². The third-order valence-corrected chi connectivity index (χ3v) is 13.0. The van der Waals surface area contributed by atoms with Gasteiger partial charge in [-0.2, -0.15) is 0 Å². The van der Waals surface area contributed by atoms with Crippen LogP contribution < -0.4 is 10.4 Å². The highest BCUT2D eigenvalue weighted by atomic mass is 28.4. The Kier molecular flexibility index (Phi) is 10.8. The van der Waals surface area contributed by atoms with Crippen LogP contribution >= 0.6 is 0 Å². The van der Waals surface area contributed by atoms with Crippen LogP contribution in [0.3, 0.4) is 0 Å². The van der Waals surface area contributed by atoms with Crippen molar-refractivity contribution in [1.29, 1.82) is 0 Å². The Bertz CT molecular complexity index is 1270. The van der Waals surface area contributed by atoms with E-state index < -0.39 is 8.32 Å². The molecule has 0 bridgehead atoms. The number of nitrogens with zero attached hydrogens (tertiary/aromatic N) is 1. The van der Waals surface area contributed by atoms with E-state index in [-0.39, 0.29) is 42.2 Å². The number of hydrogen-bond acceptors (Lipinski definition) is 5. The van der Waals surface area contributed by atoms with E-state index >= 15 is 0 Å². The molecule has 0 aromatic heterocycles. The van der Waals surface area contributed by atoms with Crippen molar-refractivity contribution >= 4 is 30.8 Å². The van der Waals surface area contributed by atoms with Crippen molar-refractivity contribution in [2.24, 2.45) is 0 Å². The van der Waals surface area contributed by atoms with Gasteiger partial charge in [0.1, 0.15) is 6.61 Å². The molecule has 3 aromatic rings. The highest BCUT2D eigenvalue weighted by Gasteiger charge is 2.51. The standard InChI is InChI=1S/C35H43NO5Si/c1-35(2,3)42(31-19-10-6-11-20-31,32-21-12-7-13-22-32)41-27-30-25-24-29(18-14-15-23-33(37)39-4)36(30)34(38)40-26-28-16-8-5-9-17-28/h5-17,19-22,29-30H,18,23-27H2,1-4H3/b15-14+/t29-,30+/m1/s1. The van der Waals surface area contributed by atoms with Gasteiger partial charge in [0.25, 0.3) is 8.32 Å². The van der Waals surface area contributed by atoms with Crippen LogP contribution in [0.15, 0.2) is 103 Å². The third-order valence-electron chi connectivity index (χ3n) is 8.03. The molecule has 1 saturated heterocycles. The maximum atomic E-state index is 13.6. The van der Waals surface area contributed by atoms with Gasteiger partial charge in [-0.15, -0.1) is 0 Å². The molecule has 0 spiro atoms. The summed E-state index contributed by atoms with van der Waals surface area (Å²) in [5.41, 5.74) is 0.944. The number of amides is 1. The summed E-state index contributed by atoms with van der Waals surface area (Å²) in [6.07, 6.45) is 5.93. The Labute approximate surface area is 251 Å². The molecule has 0 aliphatic carbocycles. The van der Waals surface area contributed by atoms with E-state index in [0.29, 0.717) is 13.0 Å². The average molecular weight is 586 g/mol. The van der Waals surface area contributed by atoms with Crippen molar-refractivity contribution in [3.8, 4) is 0 Å². The molecule has 222 valence electrons. The molecule has 1 amide bonds. The molecule has 0 unspecified atom stereocenters. The fourth-order valence-corrected chi connectivity index (χ4v) is 10.5. The first-order chi connectivity index (χ1) is 20.3. The van der Waals surface area contributed by atoms with Crippen LogP contribution in [-0.4, -0.2) is 51.1 Å². The van der Waals surface area contributed by atoms with Crippen LogP contribution in [-0.2, 0) is 25.3 Å². The summed E-state index contributed by atoms with van der Waals surface area (Å²) in [6, 6.07) is 30.7. The van der Waals surface area contributed by atoms with Crippen LogP contribution in [0.4, 0.5) is 4.79 Å². The smallest absolute Gasteiger partial charge is 0.410 e. The molecule has 0 N–H and O–H groups in total.